The predicted octanol–water partition coefficient (Wildman–Crippen LogP) is 0.0836. The molecule has 0 aliphatic carbocycles. The molecule has 2 atom stereocenters. The third-order valence-corrected chi connectivity index (χ3v) is 4.51. The number of carboxylic acids is 1. The molecule has 0 rings (SSSR count). The zero-order valence-corrected chi connectivity index (χ0v) is 19.9. The maximum atomic E-state index is 10.5. The van der Waals surface area contributed by atoms with Crippen LogP contribution in [0.25, 0.3) is 0 Å². The van der Waals surface area contributed by atoms with E-state index in [9.17, 15) is 4.79 Å². The SMILES string of the molecule is C/C(=C\C(=O)O)CCC[C@H](C)CCC[C@H](C)CCCC(C)C.[Cl-].[Cl-].[Mg+2]. The Bertz CT molecular complexity index is 334. The van der Waals surface area contributed by atoms with Crippen molar-refractivity contribution in [3.05, 3.63) is 11.6 Å². The zero-order chi connectivity index (χ0) is 17.0. The Morgan fingerprint density at radius 2 is 1.24 bits per heavy atom. The van der Waals surface area contributed by atoms with Gasteiger partial charge in [-0.15, -0.1) is 0 Å². The van der Waals surface area contributed by atoms with Gasteiger partial charge in [-0.05, 0) is 37.5 Å². The minimum atomic E-state index is -0.822. The summed E-state index contributed by atoms with van der Waals surface area (Å²) in [7, 11) is 0. The van der Waals surface area contributed by atoms with E-state index in [1.54, 1.807) is 0 Å². The van der Waals surface area contributed by atoms with Crippen molar-refractivity contribution in [2.45, 2.75) is 92.4 Å². The van der Waals surface area contributed by atoms with E-state index in [4.69, 9.17) is 5.11 Å². The monoisotopic (exact) mass is 404 g/mol. The fourth-order valence-corrected chi connectivity index (χ4v) is 2.99. The molecular formula is C20H38Cl2MgO2. The van der Waals surface area contributed by atoms with E-state index in [1.165, 1.54) is 51.0 Å². The molecule has 0 aliphatic heterocycles. The normalized spacial score (nSPS) is 13.3. The second kappa shape index (κ2) is 20.9. The van der Waals surface area contributed by atoms with E-state index in [0.717, 1.165) is 36.2 Å². The molecule has 0 saturated heterocycles. The van der Waals surface area contributed by atoms with E-state index < -0.39 is 5.97 Å². The molecule has 0 fully saturated rings. The largest absolute Gasteiger partial charge is 2.00 e. The molecule has 1 N–H and O–H groups in total. The van der Waals surface area contributed by atoms with Crippen molar-refractivity contribution in [3.8, 4) is 0 Å². The van der Waals surface area contributed by atoms with Crippen LogP contribution in [0, 0.1) is 17.8 Å². The van der Waals surface area contributed by atoms with Crippen molar-refractivity contribution in [2.24, 2.45) is 17.8 Å². The van der Waals surface area contributed by atoms with Gasteiger partial charge in [-0.3, -0.25) is 0 Å². The average Bonchev–Trinajstić information content (AvgIpc) is 2.37. The molecule has 0 radical (unpaired) electrons. The molecule has 146 valence electrons. The topological polar surface area (TPSA) is 37.3 Å². The van der Waals surface area contributed by atoms with E-state index >= 15 is 0 Å². The van der Waals surface area contributed by atoms with Crippen molar-refractivity contribution < 1.29 is 34.7 Å². The van der Waals surface area contributed by atoms with Crippen LogP contribution in [0.1, 0.15) is 92.4 Å². The molecule has 2 nitrogen and oxygen atoms in total. The summed E-state index contributed by atoms with van der Waals surface area (Å²) in [5.74, 6) is 1.65. The van der Waals surface area contributed by atoms with Gasteiger partial charge in [0.15, 0.2) is 0 Å². The Morgan fingerprint density at radius 3 is 1.64 bits per heavy atom. The standard InChI is InChI=1S/C20H38O2.2ClH.Mg/c1-16(2)9-6-10-17(3)11-7-12-18(4)13-8-14-19(5)15-20(21)22;;;/h15-18H,6-14H2,1-5H3,(H,21,22);2*1H;/q;;;+2/p-2/b19-15+;;;/t17-,18-;;;/m1.../s1. The van der Waals surface area contributed by atoms with E-state index in [0.29, 0.717) is 0 Å². The summed E-state index contributed by atoms with van der Waals surface area (Å²) in [5.41, 5.74) is 0.985. The van der Waals surface area contributed by atoms with Crippen molar-refractivity contribution in [1.82, 2.24) is 0 Å². The van der Waals surface area contributed by atoms with Gasteiger partial charge < -0.3 is 29.9 Å². The second-order valence-electron chi connectivity index (χ2n) is 7.69. The fraction of sp³-hybridized carbons (Fsp3) is 0.850. The summed E-state index contributed by atoms with van der Waals surface area (Å²) in [6, 6.07) is 0. The van der Waals surface area contributed by atoms with Crippen LogP contribution >= 0.6 is 0 Å². The molecule has 25 heavy (non-hydrogen) atoms. The molecule has 0 bridgehead atoms. The van der Waals surface area contributed by atoms with E-state index in [1.807, 2.05) is 6.92 Å². The number of hydrogen-bond acceptors (Lipinski definition) is 1. The van der Waals surface area contributed by atoms with E-state index in [-0.39, 0.29) is 47.9 Å². The third-order valence-electron chi connectivity index (χ3n) is 4.51. The van der Waals surface area contributed by atoms with Crippen LogP contribution in [-0.4, -0.2) is 34.1 Å². The van der Waals surface area contributed by atoms with Crippen LogP contribution in [0.4, 0.5) is 0 Å². The Labute approximate surface area is 185 Å². The summed E-state index contributed by atoms with van der Waals surface area (Å²) in [4.78, 5) is 10.5. The third kappa shape index (κ3) is 24.6. The summed E-state index contributed by atoms with van der Waals surface area (Å²) in [6.45, 7) is 11.3. The van der Waals surface area contributed by atoms with Crippen LogP contribution in [0.2, 0.25) is 0 Å². The Morgan fingerprint density at radius 1 is 0.840 bits per heavy atom. The first-order valence-electron chi connectivity index (χ1n) is 9.21. The van der Waals surface area contributed by atoms with Gasteiger partial charge in [0, 0.05) is 6.08 Å². The van der Waals surface area contributed by atoms with Gasteiger partial charge in [-0.2, -0.15) is 0 Å². The predicted molar refractivity (Wildman–Crippen MR) is 102 cm³/mol. The fourth-order valence-electron chi connectivity index (χ4n) is 2.99. The first kappa shape index (κ1) is 33.2. The second-order valence-corrected chi connectivity index (χ2v) is 7.69. The van der Waals surface area contributed by atoms with Gasteiger partial charge in [0.05, 0.1) is 0 Å². The van der Waals surface area contributed by atoms with Crippen molar-refractivity contribution in [3.63, 3.8) is 0 Å². The van der Waals surface area contributed by atoms with E-state index in [2.05, 4.69) is 27.7 Å². The molecule has 0 amide bonds. The Balaban J connectivity index is -0.000000735. The van der Waals surface area contributed by atoms with Crippen LogP contribution in [0.3, 0.4) is 0 Å². The van der Waals surface area contributed by atoms with Crippen molar-refractivity contribution >= 4 is 29.0 Å². The van der Waals surface area contributed by atoms with Gasteiger partial charge in [0.2, 0.25) is 0 Å². The molecule has 5 heteroatoms. The molecule has 0 aromatic heterocycles. The first-order chi connectivity index (χ1) is 10.3. The minimum Gasteiger partial charge on any atom is -1.00 e. The van der Waals surface area contributed by atoms with Gasteiger partial charge in [0.25, 0.3) is 0 Å². The average molecular weight is 406 g/mol. The Kier molecular flexibility index (Phi) is 27.7. The van der Waals surface area contributed by atoms with Crippen LogP contribution < -0.4 is 24.8 Å². The van der Waals surface area contributed by atoms with Crippen molar-refractivity contribution in [1.29, 1.82) is 0 Å². The molecule has 0 unspecified atom stereocenters. The van der Waals surface area contributed by atoms with Gasteiger partial charge in [-0.1, -0.05) is 78.2 Å². The summed E-state index contributed by atoms with van der Waals surface area (Å²) < 4.78 is 0. The smallest absolute Gasteiger partial charge is 1.00 e. The quantitative estimate of drug-likeness (QED) is 0.348. The minimum absolute atomic E-state index is 0. The van der Waals surface area contributed by atoms with Crippen molar-refractivity contribution in [2.75, 3.05) is 0 Å². The number of allylic oxidation sites excluding steroid dienone is 1. The zero-order valence-electron chi connectivity index (χ0n) is 17.0. The molecule has 0 aromatic rings. The van der Waals surface area contributed by atoms with Crippen LogP contribution in [0.15, 0.2) is 11.6 Å². The molecule has 0 spiro atoms. The number of hydrogen-bond donors (Lipinski definition) is 1. The number of rotatable bonds is 13. The van der Waals surface area contributed by atoms with Gasteiger partial charge in [0.1, 0.15) is 0 Å². The number of halogens is 2. The molecule has 0 aromatic carbocycles. The molecular weight excluding hydrogens is 367 g/mol. The maximum Gasteiger partial charge on any atom is 2.00 e. The molecule has 0 heterocycles. The summed E-state index contributed by atoms with van der Waals surface area (Å²) in [6.07, 6.45) is 12.7. The molecule has 0 aliphatic rings. The summed E-state index contributed by atoms with van der Waals surface area (Å²) in [5, 5.41) is 8.68. The maximum absolute atomic E-state index is 10.5. The van der Waals surface area contributed by atoms with Gasteiger partial charge >= 0.3 is 29.0 Å². The number of carboxylic acid groups (broad SMARTS) is 1. The number of aliphatic carboxylic acids is 1. The summed E-state index contributed by atoms with van der Waals surface area (Å²) >= 11 is 0. The number of carbonyl (C=O) groups is 1. The van der Waals surface area contributed by atoms with Crippen LogP contribution in [-0.2, 0) is 4.79 Å². The Hall–Kier alpha value is 0.556. The first-order valence-corrected chi connectivity index (χ1v) is 9.21. The molecule has 0 saturated carbocycles. The van der Waals surface area contributed by atoms with Gasteiger partial charge in [-0.25, -0.2) is 4.79 Å². The van der Waals surface area contributed by atoms with Crippen LogP contribution in [0.5, 0.6) is 0 Å².